The third-order valence-corrected chi connectivity index (χ3v) is 1.79. The highest BCUT2D eigenvalue weighted by Gasteiger charge is 2.16. The zero-order valence-electron chi connectivity index (χ0n) is 7.41. The van der Waals surface area contributed by atoms with E-state index in [9.17, 15) is 0 Å². The second kappa shape index (κ2) is 3.25. The molecule has 0 fully saturated rings. The van der Waals surface area contributed by atoms with Gasteiger partial charge in [0.1, 0.15) is 0 Å². The van der Waals surface area contributed by atoms with Crippen molar-refractivity contribution in [1.29, 1.82) is 0 Å². The second-order valence-corrected chi connectivity index (χ2v) is 3.32. The van der Waals surface area contributed by atoms with Gasteiger partial charge in [-0.2, -0.15) is 0 Å². The molecular formula is C10H14O2. The summed E-state index contributed by atoms with van der Waals surface area (Å²) in [4.78, 5) is 0. The highest BCUT2D eigenvalue weighted by Crippen LogP contribution is 2.13. The molecule has 66 valence electrons. The van der Waals surface area contributed by atoms with Crippen LogP contribution in [0.1, 0.15) is 18.1 Å². The molecule has 0 spiro atoms. The number of aliphatic hydroxyl groups is 2. The quantitative estimate of drug-likeness (QED) is 0.649. The first-order valence-electron chi connectivity index (χ1n) is 3.98. The lowest BCUT2D eigenvalue weighted by atomic mass is 10.0. The van der Waals surface area contributed by atoms with Gasteiger partial charge in [-0.1, -0.05) is 24.3 Å². The third-order valence-electron chi connectivity index (χ3n) is 1.79. The maximum Gasteiger partial charge on any atom is 0.163 e. The fourth-order valence-electron chi connectivity index (χ4n) is 1.17. The standard InChI is InChI=1S/C10H14O2/c1-8-5-3-4-6-9(8)7-10(2,11)12/h3-6,11-12H,7H2,1-2H3. The predicted molar refractivity (Wildman–Crippen MR) is 47.7 cm³/mol. The summed E-state index contributed by atoms with van der Waals surface area (Å²) in [7, 11) is 0. The maximum absolute atomic E-state index is 9.15. The van der Waals surface area contributed by atoms with E-state index in [0.717, 1.165) is 11.1 Å². The van der Waals surface area contributed by atoms with Gasteiger partial charge in [0, 0.05) is 6.42 Å². The van der Waals surface area contributed by atoms with Crippen LogP contribution in [-0.4, -0.2) is 16.0 Å². The highest BCUT2D eigenvalue weighted by atomic mass is 16.5. The van der Waals surface area contributed by atoms with Crippen molar-refractivity contribution >= 4 is 0 Å². The van der Waals surface area contributed by atoms with E-state index in [1.54, 1.807) is 0 Å². The summed E-state index contributed by atoms with van der Waals surface area (Å²) < 4.78 is 0. The zero-order valence-corrected chi connectivity index (χ0v) is 7.41. The van der Waals surface area contributed by atoms with E-state index in [-0.39, 0.29) is 6.42 Å². The molecule has 0 aliphatic heterocycles. The molecule has 2 heteroatoms. The molecule has 1 rings (SSSR count). The Hall–Kier alpha value is -0.860. The molecule has 2 nitrogen and oxygen atoms in total. The van der Waals surface area contributed by atoms with Gasteiger partial charge < -0.3 is 10.2 Å². The minimum Gasteiger partial charge on any atom is -0.366 e. The number of benzene rings is 1. The summed E-state index contributed by atoms with van der Waals surface area (Å²) in [6.07, 6.45) is 0.277. The Morgan fingerprint density at radius 1 is 1.25 bits per heavy atom. The average molecular weight is 166 g/mol. The molecule has 1 aromatic carbocycles. The van der Waals surface area contributed by atoms with Crippen LogP contribution in [0.5, 0.6) is 0 Å². The van der Waals surface area contributed by atoms with Crippen molar-refractivity contribution in [3.63, 3.8) is 0 Å². The third kappa shape index (κ3) is 2.64. The van der Waals surface area contributed by atoms with Crippen molar-refractivity contribution in [3.05, 3.63) is 35.4 Å². The van der Waals surface area contributed by atoms with Crippen LogP contribution in [0.4, 0.5) is 0 Å². The van der Waals surface area contributed by atoms with Crippen LogP contribution in [0.15, 0.2) is 24.3 Å². The second-order valence-electron chi connectivity index (χ2n) is 3.32. The molecule has 0 aromatic heterocycles. The molecule has 0 amide bonds. The van der Waals surface area contributed by atoms with Crippen molar-refractivity contribution in [1.82, 2.24) is 0 Å². The first kappa shape index (κ1) is 9.23. The molecule has 0 radical (unpaired) electrons. The monoisotopic (exact) mass is 166 g/mol. The molecule has 0 saturated heterocycles. The minimum atomic E-state index is -1.61. The summed E-state index contributed by atoms with van der Waals surface area (Å²) >= 11 is 0. The lowest BCUT2D eigenvalue weighted by molar-refractivity contribution is -0.142. The molecule has 0 aliphatic rings. The molecule has 0 heterocycles. The Bertz CT molecular complexity index is 261. The fraction of sp³-hybridized carbons (Fsp3) is 0.400. The summed E-state index contributed by atoms with van der Waals surface area (Å²) in [6.45, 7) is 3.35. The van der Waals surface area contributed by atoms with Gasteiger partial charge in [0.25, 0.3) is 0 Å². The molecule has 0 atom stereocenters. The molecule has 1 aromatic rings. The van der Waals surface area contributed by atoms with Crippen molar-refractivity contribution in [2.75, 3.05) is 0 Å². The van der Waals surface area contributed by atoms with Crippen LogP contribution in [0, 0.1) is 6.92 Å². The summed E-state index contributed by atoms with van der Waals surface area (Å²) in [5, 5.41) is 18.3. The van der Waals surface area contributed by atoms with Gasteiger partial charge in [-0.25, -0.2) is 0 Å². The molecule has 12 heavy (non-hydrogen) atoms. The molecule has 0 unspecified atom stereocenters. The van der Waals surface area contributed by atoms with E-state index in [4.69, 9.17) is 10.2 Å². The Morgan fingerprint density at radius 2 is 1.83 bits per heavy atom. The van der Waals surface area contributed by atoms with Gasteiger partial charge in [-0.3, -0.25) is 0 Å². The van der Waals surface area contributed by atoms with E-state index in [1.807, 2.05) is 31.2 Å². The fourth-order valence-corrected chi connectivity index (χ4v) is 1.17. The maximum atomic E-state index is 9.15. The lowest BCUT2D eigenvalue weighted by Crippen LogP contribution is -2.26. The molecular weight excluding hydrogens is 152 g/mol. The average Bonchev–Trinajstić information content (AvgIpc) is 1.91. The number of hydrogen-bond acceptors (Lipinski definition) is 2. The number of rotatable bonds is 2. The van der Waals surface area contributed by atoms with Crippen LogP contribution >= 0.6 is 0 Å². The Balaban J connectivity index is 2.83. The molecule has 0 saturated carbocycles. The van der Waals surface area contributed by atoms with Crippen LogP contribution < -0.4 is 0 Å². The number of hydrogen-bond donors (Lipinski definition) is 2. The normalized spacial score (nSPS) is 11.7. The SMILES string of the molecule is Cc1ccccc1CC(C)(O)O. The van der Waals surface area contributed by atoms with Crippen molar-refractivity contribution in [2.45, 2.75) is 26.1 Å². The van der Waals surface area contributed by atoms with Crippen LogP contribution in [0.3, 0.4) is 0 Å². The smallest absolute Gasteiger partial charge is 0.163 e. The molecule has 0 aliphatic carbocycles. The van der Waals surface area contributed by atoms with Gasteiger partial charge in [-0.05, 0) is 25.0 Å². The molecule has 2 N–H and O–H groups in total. The van der Waals surface area contributed by atoms with Gasteiger partial charge in [-0.15, -0.1) is 0 Å². The molecule has 0 bridgehead atoms. The first-order chi connectivity index (χ1) is 5.49. The van der Waals surface area contributed by atoms with Crippen LogP contribution in [0.25, 0.3) is 0 Å². The van der Waals surface area contributed by atoms with Crippen LogP contribution in [-0.2, 0) is 6.42 Å². The summed E-state index contributed by atoms with van der Waals surface area (Å²) in [5.74, 6) is -1.61. The van der Waals surface area contributed by atoms with E-state index in [2.05, 4.69) is 0 Å². The lowest BCUT2D eigenvalue weighted by Gasteiger charge is -2.16. The van der Waals surface area contributed by atoms with Gasteiger partial charge in [0.2, 0.25) is 0 Å². The van der Waals surface area contributed by atoms with Crippen molar-refractivity contribution in [3.8, 4) is 0 Å². The van der Waals surface area contributed by atoms with E-state index in [0.29, 0.717) is 0 Å². The summed E-state index contributed by atoms with van der Waals surface area (Å²) in [6, 6.07) is 7.69. The van der Waals surface area contributed by atoms with Crippen molar-refractivity contribution in [2.24, 2.45) is 0 Å². The van der Waals surface area contributed by atoms with Crippen LogP contribution in [0.2, 0.25) is 0 Å². The van der Waals surface area contributed by atoms with E-state index in [1.165, 1.54) is 6.92 Å². The van der Waals surface area contributed by atoms with E-state index < -0.39 is 5.79 Å². The first-order valence-corrected chi connectivity index (χ1v) is 3.98. The Morgan fingerprint density at radius 3 is 2.33 bits per heavy atom. The van der Waals surface area contributed by atoms with Gasteiger partial charge in [0.05, 0.1) is 0 Å². The van der Waals surface area contributed by atoms with Crippen molar-refractivity contribution < 1.29 is 10.2 Å². The minimum absolute atomic E-state index is 0.277. The highest BCUT2D eigenvalue weighted by molar-refractivity contribution is 5.26. The van der Waals surface area contributed by atoms with Gasteiger partial charge in [0.15, 0.2) is 5.79 Å². The largest absolute Gasteiger partial charge is 0.366 e. The number of aryl methyl sites for hydroxylation is 1. The summed E-state index contributed by atoms with van der Waals surface area (Å²) in [5.41, 5.74) is 2.07. The Labute approximate surface area is 72.5 Å². The zero-order chi connectivity index (χ0) is 9.19. The predicted octanol–water partition coefficient (Wildman–Crippen LogP) is 1.24. The Kier molecular flexibility index (Phi) is 2.50. The van der Waals surface area contributed by atoms with Gasteiger partial charge >= 0.3 is 0 Å². The van der Waals surface area contributed by atoms with E-state index >= 15 is 0 Å². The topological polar surface area (TPSA) is 40.5 Å².